The molecule has 2 bridgehead atoms. The largest absolute Gasteiger partial charge is 0.471 e. The van der Waals surface area contributed by atoms with Crippen LogP contribution in [0.25, 0.3) is 0 Å². The predicted molar refractivity (Wildman–Crippen MR) is 122 cm³/mol. The molecule has 9 atom stereocenters. The monoisotopic (exact) mass is 523 g/mol. The molecule has 5 rings (SSSR count). The first-order chi connectivity index (χ1) is 17.6. The molecule has 2 saturated heterocycles. The zero-order chi connectivity index (χ0) is 26.5. The van der Waals surface area contributed by atoms with E-state index in [1.807, 2.05) is 11.4 Å². The van der Waals surface area contributed by atoms with Crippen LogP contribution >= 0.6 is 0 Å². The maximum Gasteiger partial charge on any atom is 0.471 e. The van der Waals surface area contributed by atoms with Crippen LogP contribution in [0.4, 0.5) is 13.2 Å². The lowest BCUT2D eigenvalue weighted by Crippen LogP contribution is -2.61. The summed E-state index contributed by atoms with van der Waals surface area (Å²) in [6, 6.07) is -1.45. The first kappa shape index (κ1) is 25.8. The second kappa shape index (κ2) is 9.80. The van der Waals surface area contributed by atoms with Crippen LogP contribution in [0.3, 0.4) is 0 Å². The molecule has 0 radical (unpaired) electrons. The number of amides is 4. The highest BCUT2D eigenvalue weighted by Gasteiger charge is 2.57. The van der Waals surface area contributed by atoms with Crippen molar-refractivity contribution in [1.82, 2.24) is 20.9 Å². The van der Waals surface area contributed by atoms with Crippen molar-refractivity contribution in [2.75, 3.05) is 6.54 Å². The topological polar surface area (TPSA) is 131 Å². The summed E-state index contributed by atoms with van der Waals surface area (Å²) in [6.07, 6.45) is 0.637. The molecule has 2 heterocycles. The van der Waals surface area contributed by atoms with Crippen molar-refractivity contribution in [3.05, 3.63) is 0 Å². The van der Waals surface area contributed by atoms with Crippen LogP contribution in [-0.2, 0) is 19.2 Å². The Morgan fingerprint density at radius 3 is 2.54 bits per heavy atom. The van der Waals surface area contributed by atoms with Crippen LogP contribution in [-0.4, -0.2) is 65.4 Å². The number of fused-ring (bicyclic) bond motifs is 3. The molecule has 3 aliphatic carbocycles. The molecule has 0 aromatic carbocycles. The summed E-state index contributed by atoms with van der Waals surface area (Å²) in [6.45, 7) is 0.512. The number of hydrogen-bond acceptors (Lipinski definition) is 5. The number of alkyl halides is 3. The zero-order valence-corrected chi connectivity index (χ0v) is 20.4. The third kappa shape index (κ3) is 5.01. The fourth-order valence-electron chi connectivity index (χ4n) is 7.30. The summed E-state index contributed by atoms with van der Waals surface area (Å²) in [4.78, 5) is 52.6. The Kier molecular flexibility index (Phi) is 6.83. The predicted octanol–water partition coefficient (Wildman–Crippen LogP) is 1.38. The molecule has 5 aliphatic rings. The van der Waals surface area contributed by atoms with Gasteiger partial charge in [-0.3, -0.25) is 19.2 Å². The average molecular weight is 524 g/mol. The number of carbonyl (C=O) groups excluding carboxylic acids is 4. The van der Waals surface area contributed by atoms with Gasteiger partial charge in [-0.25, -0.2) is 0 Å². The normalized spacial score (nSPS) is 35.7. The zero-order valence-electron chi connectivity index (χ0n) is 20.4. The fourth-order valence-corrected chi connectivity index (χ4v) is 7.30. The van der Waals surface area contributed by atoms with Gasteiger partial charge >= 0.3 is 12.1 Å². The SMILES string of the molecule is N#C[C@H](C[C@@H]1CCNC1=O)NC(=O)[C@@H]1[C@H]2CC[C@H](C2)N1C(=O)[C@@H](NC(=O)C(F)(F)F)C1CCCC2CC21. The molecule has 202 valence electrons. The van der Waals surface area contributed by atoms with E-state index in [0.717, 1.165) is 19.3 Å². The third-order valence-corrected chi connectivity index (χ3v) is 9.14. The standard InChI is InChI=1S/C25H32F3N5O4/c26-25(27,28)24(37)32-19(17-3-1-2-12-10-18(12)17)23(36)33-16-5-4-13(9-16)20(33)22(35)31-15(11-29)8-14-6-7-30-21(14)34/h12-20H,1-10H2,(H,30,34)(H,31,35)(H,32,37)/t12?,13-,14-,15-,16+,17?,18?,19-,20-/m0/s1. The van der Waals surface area contributed by atoms with Crippen LogP contribution in [0.15, 0.2) is 0 Å². The molecule has 0 aromatic rings. The molecule has 9 nitrogen and oxygen atoms in total. The van der Waals surface area contributed by atoms with E-state index in [9.17, 15) is 37.6 Å². The van der Waals surface area contributed by atoms with E-state index in [-0.39, 0.29) is 36.1 Å². The van der Waals surface area contributed by atoms with E-state index in [4.69, 9.17) is 0 Å². The summed E-state index contributed by atoms with van der Waals surface area (Å²) in [7, 11) is 0. The summed E-state index contributed by atoms with van der Waals surface area (Å²) in [5.41, 5.74) is 0. The minimum absolute atomic E-state index is 0.101. The van der Waals surface area contributed by atoms with Crippen molar-refractivity contribution >= 4 is 23.6 Å². The third-order valence-electron chi connectivity index (χ3n) is 9.14. The molecule has 37 heavy (non-hydrogen) atoms. The van der Waals surface area contributed by atoms with Gasteiger partial charge in [0.05, 0.1) is 6.07 Å². The van der Waals surface area contributed by atoms with Crippen molar-refractivity contribution in [3.8, 4) is 6.07 Å². The van der Waals surface area contributed by atoms with Crippen molar-refractivity contribution in [3.63, 3.8) is 0 Å². The lowest BCUT2D eigenvalue weighted by atomic mass is 9.82. The van der Waals surface area contributed by atoms with E-state index >= 15 is 0 Å². The lowest BCUT2D eigenvalue weighted by molar-refractivity contribution is -0.176. The fraction of sp³-hybridized carbons (Fsp3) is 0.800. The van der Waals surface area contributed by atoms with Crippen LogP contribution in [0.2, 0.25) is 0 Å². The summed E-state index contributed by atoms with van der Waals surface area (Å²) in [5.74, 6) is -3.94. The minimum Gasteiger partial charge on any atom is -0.356 e. The number of nitrogens with one attached hydrogen (secondary N) is 3. The first-order valence-electron chi connectivity index (χ1n) is 13.3. The number of nitrogens with zero attached hydrogens (tertiary/aromatic N) is 2. The first-order valence-corrected chi connectivity index (χ1v) is 13.3. The van der Waals surface area contributed by atoms with Gasteiger partial charge in [0.2, 0.25) is 17.7 Å². The van der Waals surface area contributed by atoms with Crippen molar-refractivity contribution in [1.29, 1.82) is 5.26 Å². The number of rotatable bonds is 7. The van der Waals surface area contributed by atoms with Gasteiger partial charge in [0.1, 0.15) is 18.1 Å². The summed E-state index contributed by atoms with van der Waals surface area (Å²) >= 11 is 0. The van der Waals surface area contributed by atoms with E-state index < -0.39 is 47.9 Å². The maximum absolute atomic E-state index is 13.9. The number of carbonyl (C=O) groups is 4. The highest BCUT2D eigenvalue weighted by Crippen LogP contribution is 2.54. The molecule has 4 amide bonds. The van der Waals surface area contributed by atoms with Gasteiger partial charge in [-0.15, -0.1) is 0 Å². The molecular formula is C25H32F3N5O4. The molecule has 12 heteroatoms. The minimum atomic E-state index is -5.12. The van der Waals surface area contributed by atoms with Gasteiger partial charge < -0.3 is 20.9 Å². The Bertz CT molecular complexity index is 1010. The molecule has 3 N–H and O–H groups in total. The lowest BCUT2D eigenvalue weighted by Gasteiger charge is -2.39. The average Bonchev–Trinajstić information content (AvgIpc) is 3.14. The number of nitriles is 1. The molecule has 0 aromatic heterocycles. The van der Waals surface area contributed by atoms with Gasteiger partial charge in [-0.1, -0.05) is 12.8 Å². The van der Waals surface area contributed by atoms with Crippen LogP contribution in [0.1, 0.15) is 57.8 Å². The van der Waals surface area contributed by atoms with Crippen LogP contribution < -0.4 is 16.0 Å². The summed E-state index contributed by atoms with van der Waals surface area (Å²) in [5, 5.41) is 17.0. The highest BCUT2D eigenvalue weighted by atomic mass is 19.4. The quantitative estimate of drug-likeness (QED) is 0.464. The Morgan fingerprint density at radius 1 is 1.08 bits per heavy atom. The van der Waals surface area contributed by atoms with Crippen molar-refractivity contribution < 1.29 is 32.3 Å². The Labute approximate surface area is 212 Å². The highest BCUT2D eigenvalue weighted by molar-refractivity contribution is 5.94. The molecule has 0 spiro atoms. The van der Waals surface area contributed by atoms with Gasteiger partial charge in [0, 0.05) is 18.5 Å². The summed E-state index contributed by atoms with van der Waals surface area (Å²) < 4.78 is 39.6. The van der Waals surface area contributed by atoms with Crippen LogP contribution in [0, 0.1) is 40.9 Å². The van der Waals surface area contributed by atoms with E-state index in [1.165, 1.54) is 4.90 Å². The molecule has 2 aliphatic heterocycles. The van der Waals surface area contributed by atoms with Crippen LogP contribution in [0.5, 0.6) is 0 Å². The molecule has 5 fully saturated rings. The number of halogens is 3. The second-order valence-electron chi connectivity index (χ2n) is 11.3. The van der Waals surface area contributed by atoms with E-state index in [1.54, 1.807) is 0 Å². The number of hydrogen-bond donors (Lipinski definition) is 3. The Morgan fingerprint density at radius 2 is 1.86 bits per heavy atom. The van der Waals surface area contributed by atoms with E-state index in [0.29, 0.717) is 44.6 Å². The van der Waals surface area contributed by atoms with Gasteiger partial charge in [-0.2, -0.15) is 18.4 Å². The maximum atomic E-state index is 13.9. The molecule has 3 unspecified atom stereocenters. The van der Waals surface area contributed by atoms with Gasteiger partial charge in [0.15, 0.2) is 0 Å². The van der Waals surface area contributed by atoms with Crippen molar-refractivity contribution in [2.24, 2.45) is 29.6 Å². The Balaban J connectivity index is 1.34. The number of likely N-dealkylation sites (tertiary alicyclic amines) is 1. The van der Waals surface area contributed by atoms with Gasteiger partial charge in [-0.05, 0) is 68.6 Å². The number of piperidine rings is 1. The van der Waals surface area contributed by atoms with Crippen molar-refractivity contribution in [2.45, 2.75) is 88.1 Å². The second-order valence-corrected chi connectivity index (χ2v) is 11.3. The van der Waals surface area contributed by atoms with Gasteiger partial charge in [0.25, 0.3) is 0 Å². The molecule has 3 saturated carbocycles. The Hall–Kier alpha value is -2.84. The molecular weight excluding hydrogens is 491 g/mol. The smallest absolute Gasteiger partial charge is 0.356 e. The van der Waals surface area contributed by atoms with E-state index in [2.05, 4.69) is 10.6 Å².